The van der Waals surface area contributed by atoms with Gasteiger partial charge < -0.3 is 5.32 Å². The topological polar surface area (TPSA) is 42.7 Å². The molecule has 0 fully saturated rings. The molecule has 0 saturated heterocycles. The van der Waals surface area contributed by atoms with Gasteiger partial charge in [0.05, 0.1) is 10.7 Å². The molecule has 1 N–H and O–H groups in total. The molecule has 2 heterocycles. The van der Waals surface area contributed by atoms with E-state index in [4.69, 9.17) is 4.98 Å². The number of aryl methyl sites for hydroxylation is 2. The molecule has 2 rings (SSSR count). The third-order valence-electron chi connectivity index (χ3n) is 3.62. The standard InChI is InChI=1S/C16H26N4S/c1-11(17-9-7-13-8-10-18-20(13)6)14-12(2)19-15(21-14)16(3,4)5/h8,10-11,17H,7,9H2,1-6H3. The second-order valence-corrected chi connectivity index (χ2v) is 7.62. The molecule has 1 atom stereocenters. The van der Waals surface area contributed by atoms with Crippen LogP contribution < -0.4 is 5.32 Å². The Balaban J connectivity index is 1.96. The molecular formula is C16H26N4S. The number of hydrogen-bond donors (Lipinski definition) is 1. The van der Waals surface area contributed by atoms with E-state index in [0.29, 0.717) is 6.04 Å². The zero-order valence-corrected chi connectivity index (χ0v) is 14.7. The Morgan fingerprint density at radius 3 is 2.62 bits per heavy atom. The minimum Gasteiger partial charge on any atom is -0.309 e. The van der Waals surface area contributed by atoms with Gasteiger partial charge in [0.25, 0.3) is 0 Å². The minimum absolute atomic E-state index is 0.127. The van der Waals surface area contributed by atoms with E-state index < -0.39 is 0 Å². The highest BCUT2D eigenvalue weighted by molar-refractivity contribution is 7.12. The van der Waals surface area contributed by atoms with Crippen molar-refractivity contribution in [1.82, 2.24) is 20.1 Å². The first-order valence-electron chi connectivity index (χ1n) is 7.47. The van der Waals surface area contributed by atoms with Gasteiger partial charge in [0.15, 0.2) is 0 Å². The molecule has 1 unspecified atom stereocenters. The van der Waals surface area contributed by atoms with E-state index in [1.54, 1.807) is 0 Å². The van der Waals surface area contributed by atoms with Crippen LogP contribution in [-0.2, 0) is 18.9 Å². The molecule has 2 aromatic rings. The van der Waals surface area contributed by atoms with Crippen LogP contribution in [-0.4, -0.2) is 21.3 Å². The van der Waals surface area contributed by atoms with E-state index in [-0.39, 0.29) is 5.41 Å². The highest BCUT2D eigenvalue weighted by atomic mass is 32.1. The summed E-state index contributed by atoms with van der Waals surface area (Å²) < 4.78 is 1.93. The van der Waals surface area contributed by atoms with Crippen LogP contribution >= 0.6 is 11.3 Å². The fraction of sp³-hybridized carbons (Fsp3) is 0.625. The Hall–Kier alpha value is -1.20. The van der Waals surface area contributed by atoms with Crippen LogP contribution in [0.5, 0.6) is 0 Å². The summed E-state index contributed by atoms with van der Waals surface area (Å²) in [4.78, 5) is 6.09. The van der Waals surface area contributed by atoms with Crippen LogP contribution in [0.3, 0.4) is 0 Å². The molecule has 0 aliphatic heterocycles. The molecule has 0 aromatic carbocycles. The molecule has 5 heteroatoms. The van der Waals surface area contributed by atoms with Crippen LogP contribution in [0, 0.1) is 6.92 Å². The number of nitrogens with one attached hydrogen (secondary N) is 1. The zero-order chi connectivity index (χ0) is 15.6. The van der Waals surface area contributed by atoms with Gasteiger partial charge in [0.2, 0.25) is 0 Å². The molecule has 0 aliphatic rings. The van der Waals surface area contributed by atoms with Crippen molar-refractivity contribution >= 4 is 11.3 Å². The van der Waals surface area contributed by atoms with Crippen LogP contribution in [0.2, 0.25) is 0 Å². The first-order valence-corrected chi connectivity index (χ1v) is 8.28. The Bertz CT molecular complexity index is 592. The van der Waals surface area contributed by atoms with Crippen LogP contribution in [0.4, 0.5) is 0 Å². The molecule has 116 valence electrons. The van der Waals surface area contributed by atoms with Crippen molar-refractivity contribution in [2.24, 2.45) is 7.05 Å². The van der Waals surface area contributed by atoms with Crippen molar-refractivity contribution < 1.29 is 0 Å². The lowest BCUT2D eigenvalue weighted by molar-refractivity contribution is 0.567. The Kier molecular flexibility index (Phi) is 4.84. The second-order valence-electron chi connectivity index (χ2n) is 6.59. The zero-order valence-electron chi connectivity index (χ0n) is 13.9. The summed E-state index contributed by atoms with van der Waals surface area (Å²) in [5.74, 6) is 0. The molecule has 0 radical (unpaired) electrons. The van der Waals surface area contributed by atoms with Crippen molar-refractivity contribution in [2.75, 3.05) is 6.54 Å². The van der Waals surface area contributed by atoms with Crippen LogP contribution in [0.1, 0.15) is 55.0 Å². The molecule has 2 aromatic heterocycles. The maximum Gasteiger partial charge on any atom is 0.0985 e. The molecule has 0 saturated carbocycles. The lowest BCUT2D eigenvalue weighted by atomic mass is 9.98. The SMILES string of the molecule is Cc1nc(C(C)(C)C)sc1C(C)NCCc1ccnn1C. The minimum atomic E-state index is 0.127. The van der Waals surface area contributed by atoms with Crippen molar-refractivity contribution in [1.29, 1.82) is 0 Å². The molecular weight excluding hydrogens is 280 g/mol. The third-order valence-corrected chi connectivity index (χ3v) is 5.39. The maximum atomic E-state index is 4.74. The highest BCUT2D eigenvalue weighted by Gasteiger charge is 2.22. The fourth-order valence-electron chi connectivity index (χ4n) is 2.29. The number of aromatic nitrogens is 3. The number of nitrogens with zero attached hydrogens (tertiary/aromatic N) is 3. The van der Waals surface area contributed by atoms with E-state index in [1.165, 1.54) is 15.6 Å². The van der Waals surface area contributed by atoms with E-state index in [9.17, 15) is 0 Å². The van der Waals surface area contributed by atoms with Gasteiger partial charge in [0.1, 0.15) is 0 Å². The smallest absolute Gasteiger partial charge is 0.0985 e. The highest BCUT2D eigenvalue weighted by Crippen LogP contribution is 2.32. The monoisotopic (exact) mass is 306 g/mol. The van der Waals surface area contributed by atoms with E-state index in [1.807, 2.05) is 29.3 Å². The summed E-state index contributed by atoms with van der Waals surface area (Å²) in [7, 11) is 1.99. The first-order chi connectivity index (χ1) is 9.79. The van der Waals surface area contributed by atoms with Gasteiger partial charge in [0, 0.05) is 48.2 Å². The Labute approximate surface area is 131 Å². The van der Waals surface area contributed by atoms with Gasteiger partial charge in [-0.25, -0.2) is 4.98 Å². The number of hydrogen-bond acceptors (Lipinski definition) is 4. The van der Waals surface area contributed by atoms with E-state index >= 15 is 0 Å². The third kappa shape index (κ3) is 3.92. The summed E-state index contributed by atoms with van der Waals surface area (Å²) in [5.41, 5.74) is 2.54. The van der Waals surface area contributed by atoms with Crippen molar-refractivity contribution in [3.63, 3.8) is 0 Å². The summed E-state index contributed by atoms with van der Waals surface area (Å²) in [5, 5.41) is 9.02. The van der Waals surface area contributed by atoms with Gasteiger partial charge in [-0.1, -0.05) is 20.8 Å². The largest absolute Gasteiger partial charge is 0.309 e. The molecule has 0 amide bonds. The molecule has 0 bridgehead atoms. The maximum absolute atomic E-state index is 4.74. The average Bonchev–Trinajstić information content (AvgIpc) is 2.95. The van der Waals surface area contributed by atoms with Crippen LogP contribution in [0.15, 0.2) is 12.3 Å². The average molecular weight is 306 g/mol. The molecule has 0 aliphatic carbocycles. The van der Waals surface area contributed by atoms with E-state index in [0.717, 1.165) is 18.7 Å². The van der Waals surface area contributed by atoms with Crippen molar-refractivity contribution in [2.45, 2.75) is 52.5 Å². The summed E-state index contributed by atoms with van der Waals surface area (Å²) in [6.07, 6.45) is 2.84. The van der Waals surface area contributed by atoms with Crippen LogP contribution in [0.25, 0.3) is 0 Å². The van der Waals surface area contributed by atoms with Gasteiger partial charge in [-0.05, 0) is 19.9 Å². The normalized spacial score (nSPS) is 13.6. The summed E-state index contributed by atoms with van der Waals surface area (Å²) in [6.45, 7) is 11.9. The lowest BCUT2D eigenvalue weighted by Crippen LogP contribution is -2.22. The predicted octanol–water partition coefficient (Wildman–Crippen LogP) is 3.38. The summed E-state index contributed by atoms with van der Waals surface area (Å²) >= 11 is 1.83. The Morgan fingerprint density at radius 1 is 1.38 bits per heavy atom. The van der Waals surface area contributed by atoms with Gasteiger partial charge in [-0.15, -0.1) is 11.3 Å². The quantitative estimate of drug-likeness (QED) is 0.921. The first kappa shape index (κ1) is 16.2. The van der Waals surface area contributed by atoms with E-state index in [2.05, 4.69) is 51.1 Å². The lowest BCUT2D eigenvalue weighted by Gasteiger charge is -2.14. The number of rotatable bonds is 5. The van der Waals surface area contributed by atoms with Gasteiger partial charge in [-0.3, -0.25) is 4.68 Å². The second kappa shape index (κ2) is 6.28. The predicted molar refractivity (Wildman–Crippen MR) is 88.9 cm³/mol. The van der Waals surface area contributed by atoms with Gasteiger partial charge >= 0.3 is 0 Å². The molecule has 4 nitrogen and oxygen atoms in total. The van der Waals surface area contributed by atoms with Crippen molar-refractivity contribution in [3.8, 4) is 0 Å². The Morgan fingerprint density at radius 2 is 2.10 bits per heavy atom. The van der Waals surface area contributed by atoms with Crippen molar-refractivity contribution in [3.05, 3.63) is 33.5 Å². The van der Waals surface area contributed by atoms with Gasteiger partial charge in [-0.2, -0.15) is 5.10 Å². The fourth-order valence-corrected chi connectivity index (χ4v) is 3.44. The number of thiazole rings is 1. The molecule has 0 spiro atoms. The molecule has 21 heavy (non-hydrogen) atoms. The summed E-state index contributed by atoms with van der Waals surface area (Å²) in [6, 6.07) is 2.41.